The molecule has 0 aliphatic heterocycles. The van der Waals surface area contributed by atoms with E-state index in [1.807, 2.05) is 50.2 Å². The molecule has 1 atom stereocenters. The van der Waals surface area contributed by atoms with Crippen molar-refractivity contribution in [2.24, 2.45) is 0 Å². The molecule has 2 aromatic carbocycles. The van der Waals surface area contributed by atoms with Gasteiger partial charge >= 0.3 is 0 Å². The molecule has 23 heavy (non-hydrogen) atoms. The lowest BCUT2D eigenvalue weighted by Gasteiger charge is -2.13. The molecule has 0 spiro atoms. The summed E-state index contributed by atoms with van der Waals surface area (Å²) in [5, 5.41) is 3.21. The summed E-state index contributed by atoms with van der Waals surface area (Å²) in [6.07, 6.45) is 0. The molecule has 2 rings (SSSR count). The van der Waals surface area contributed by atoms with Crippen molar-refractivity contribution in [1.29, 1.82) is 0 Å². The van der Waals surface area contributed by atoms with Crippen LogP contribution in [0.5, 0.6) is 5.75 Å². The number of hydrogen-bond acceptors (Lipinski definition) is 3. The highest BCUT2D eigenvalue weighted by Crippen LogP contribution is 2.22. The molecule has 0 saturated carbocycles. The maximum Gasteiger partial charge on any atom is 0.237 e. The Labute approximate surface area is 146 Å². The number of para-hydroxylation sites is 1. The fourth-order valence-electron chi connectivity index (χ4n) is 1.96. The van der Waals surface area contributed by atoms with E-state index < -0.39 is 0 Å². The van der Waals surface area contributed by atoms with Crippen LogP contribution >= 0.6 is 23.4 Å². The first-order valence-electron chi connectivity index (χ1n) is 7.43. The average Bonchev–Trinajstić information content (AvgIpc) is 2.53. The molecule has 122 valence electrons. The van der Waals surface area contributed by atoms with Gasteiger partial charge in [0.25, 0.3) is 0 Å². The van der Waals surface area contributed by atoms with Crippen LogP contribution in [0.4, 0.5) is 5.69 Å². The van der Waals surface area contributed by atoms with E-state index in [4.69, 9.17) is 16.3 Å². The van der Waals surface area contributed by atoms with Crippen LogP contribution in [0.15, 0.2) is 48.5 Å². The topological polar surface area (TPSA) is 38.3 Å². The molecule has 5 heteroatoms. The summed E-state index contributed by atoms with van der Waals surface area (Å²) in [6, 6.07) is 15.2. The molecule has 0 radical (unpaired) electrons. The number of halogens is 1. The van der Waals surface area contributed by atoms with Gasteiger partial charge in [0, 0.05) is 5.75 Å². The first-order valence-corrected chi connectivity index (χ1v) is 8.85. The van der Waals surface area contributed by atoms with Crippen LogP contribution in [0.3, 0.4) is 0 Å². The number of thioether (sulfide) groups is 1. The number of aryl methyl sites for hydroxylation is 1. The third-order valence-corrected chi connectivity index (χ3v) is 4.66. The van der Waals surface area contributed by atoms with Crippen LogP contribution in [0, 0.1) is 6.92 Å². The Hall–Kier alpha value is -1.65. The van der Waals surface area contributed by atoms with Gasteiger partial charge in [0.1, 0.15) is 5.75 Å². The van der Waals surface area contributed by atoms with E-state index in [2.05, 4.69) is 5.32 Å². The van der Waals surface area contributed by atoms with Crippen molar-refractivity contribution >= 4 is 35.0 Å². The Morgan fingerprint density at radius 3 is 2.78 bits per heavy atom. The molecule has 0 fully saturated rings. The fraction of sp³-hybridized carbons (Fsp3) is 0.278. The molecular formula is C18H20ClNO2S. The van der Waals surface area contributed by atoms with E-state index in [0.29, 0.717) is 17.3 Å². The predicted molar refractivity (Wildman–Crippen MR) is 98.7 cm³/mol. The van der Waals surface area contributed by atoms with E-state index in [1.165, 1.54) is 5.56 Å². The molecule has 0 unspecified atom stereocenters. The van der Waals surface area contributed by atoms with Gasteiger partial charge in [-0.25, -0.2) is 0 Å². The summed E-state index contributed by atoms with van der Waals surface area (Å²) >= 11 is 7.59. The second kappa shape index (κ2) is 8.85. The zero-order valence-electron chi connectivity index (χ0n) is 13.2. The SMILES string of the molecule is Cc1cccc(OCCS[C@@H](C)C(=O)Nc2ccccc2Cl)c1. The van der Waals surface area contributed by atoms with Crippen molar-refractivity contribution in [2.45, 2.75) is 19.1 Å². The van der Waals surface area contributed by atoms with Gasteiger partial charge < -0.3 is 10.1 Å². The Bertz CT molecular complexity index is 663. The second-order valence-corrected chi connectivity index (χ2v) is 7.00. The summed E-state index contributed by atoms with van der Waals surface area (Å²) in [4.78, 5) is 12.1. The molecule has 0 saturated heterocycles. The quantitative estimate of drug-likeness (QED) is 0.730. The maximum absolute atomic E-state index is 12.1. The fourth-order valence-corrected chi connectivity index (χ4v) is 2.89. The van der Waals surface area contributed by atoms with Crippen LogP contribution in [-0.4, -0.2) is 23.5 Å². The van der Waals surface area contributed by atoms with Gasteiger partial charge in [-0.15, -0.1) is 11.8 Å². The molecule has 0 heterocycles. The Morgan fingerprint density at radius 2 is 2.04 bits per heavy atom. The number of rotatable bonds is 7. The van der Waals surface area contributed by atoms with Gasteiger partial charge in [-0.1, -0.05) is 35.9 Å². The third-order valence-electron chi connectivity index (χ3n) is 3.21. The van der Waals surface area contributed by atoms with Crippen LogP contribution in [0.2, 0.25) is 5.02 Å². The number of benzene rings is 2. The lowest BCUT2D eigenvalue weighted by atomic mass is 10.2. The van der Waals surface area contributed by atoms with Crippen LogP contribution < -0.4 is 10.1 Å². The minimum atomic E-state index is -0.174. The number of hydrogen-bond donors (Lipinski definition) is 1. The minimum Gasteiger partial charge on any atom is -0.493 e. The van der Waals surface area contributed by atoms with Crippen molar-refractivity contribution in [3.63, 3.8) is 0 Å². The Morgan fingerprint density at radius 1 is 1.26 bits per heavy atom. The molecule has 0 aromatic heterocycles. The lowest BCUT2D eigenvalue weighted by Crippen LogP contribution is -2.23. The van der Waals surface area contributed by atoms with Gasteiger partial charge in [-0.05, 0) is 43.7 Å². The molecule has 0 aliphatic carbocycles. The standard InChI is InChI=1S/C18H20ClNO2S/c1-13-6-5-7-15(12-13)22-10-11-23-14(2)18(21)20-17-9-4-3-8-16(17)19/h3-9,12,14H,10-11H2,1-2H3,(H,20,21)/t14-/m0/s1. The molecule has 1 amide bonds. The second-order valence-electron chi connectivity index (χ2n) is 5.15. The summed E-state index contributed by atoms with van der Waals surface area (Å²) in [6.45, 7) is 4.48. The van der Waals surface area contributed by atoms with Crippen molar-refractivity contribution in [3.05, 3.63) is 59.1 Å². The summed E-state index contributed by atoms with van der Waals surface area (Å²) in [5.74, 6) is 1.54. The van der Waals surface area contributed by atoms with Crippen LogP contribution in [0.25, 0.3) is 0 Å². The molecule has 3 nitrogen and oxygen atoms in total. The van der Waals surface area contributed by atoms with E-state index in [0.717, 1.165) is 11.5 Å². The number of carbonyl (C=O) groups is 1. The van der Waals surface area contributed by atoms with Crippen molar-refractivity contribution in [3.8, 4) is 5.75 Å². The molecule has 2 aromatic rings. The predicted octanol–water partition coefficient (Wildman–Crippen LogP) is 4.79. The highest BCUT2D eigenvalue weighted by molar-refractivity contribution is 8.00. The summed E-state index contributed by atoms with van der Waals surface area (Å²) in [5.41, 5.74) is 1.81. The van der Waals surface area contributed by atoms with E-state index in [1.54, 1.807) is 23.9 Å². The Balaban J connectivity index is 1.73. The molecular weight excluding hydrogens is 330 g/mol. The Kier molecular flexibility index (Phi) is 6.81. The number of carbonyl (C=O) groups excluding carboxylic acids is 1. The zero-order valence-corrected chi connectivity index (χ0v) is 14.8. The van der Waals surface area contributed by atoms with Gasteiger partial charge in [0.2, 0.25) is 5.91 Å². The number of ether oxygens (including phenoxy) is 1. The molecule has 1 N–H and O–H groups in total. The summed E-state index contributed by atoms with van der Waals surface area (Å²) < 4.78 is 5.68. The average molecular weight is 350 g/mol. The number of nitrogens with one attached hydrogen (secondary N) is 1. The minimum absolute atomic E-state index is 0.0568. The summed E-state index contributed by atoms with van der Waals surface area (Å²) in [7, 11) is 0. The van der Waals surface area contributed by atoms with Gasteiger partial charge in [0.15, 0.2) is 0 Å². The van der Waals surface area contributed by atoms with E-state index in [-0.39, 0.29) is 11.2 Å². The van der Waals surface area contributed by atoms with Crippen molar-refractivity contribution in [2.75, 3.05) is 17.7 Å². The van der Waals surface area contributed by atoms with Gasteiger partial charge in [-0.3, -0.25) is 4.79 Å². The maximum atomic E-state index is 12.1. The monoisotopic (exact) mass is 349 g/mol. The first kappa shape index (κ1) is 17.7. The zero-order chi connectivity index (χ0) is 16.7. The third kappa shape index (κ3) is 5.81. The number of anilines is 1. The smallest absolute Gasteiger partial charge is 0.237 e. The van der Waals surface area contributed by atoms with Crippen molar-refractivity contribution < 1.29 is 9.53 Å². The lowest BCUT2D eigenvalue weighted by molar-refractivity contribution is -0.115. The van der Waals surface area contributed by atoms with E-state index in [9.17, 15) is 4.79 Å². The normalized spacial score (nSPS) is 11.8. The van der Waals surface area contributed by atoms with Gasteiger partial charge in [-0.2, -0.15) is 0 Å². The largest absolute Gasteiger partial charge is 0.493 e. The molecule has 0 bridgehead atoms. The first-order chi connectivity index (χ1) is 11.1. The van der Waals surface area contributed by atoms with Crippen LogP contribution in [-0.2, 0) is 4.79 Å². The highest BCUT2D eigenvalue weighted by atomic mass is 35.5. The molecule has 0 aliphatic rings. The number of amides is 1. The van der Waals surface area contributed by atoms with Crippen molar-refractivity contribution in [1.82, 2.24) is 0 Å². The van der Waals surface area contributed by atoms with Crippen LogP contribution in [0.1, 0.15) is 12.5 Å². The van der Waals surface area contributed by atoms with Gasteiger partial charge in [0.05, 0.1) is 22.6 Å². The highest BCUT2D eigenvalue weighted by Gasteiger charge is 2.14. The van der Waals surface area contributed by atoms with E-state index >= 15 is 0 Å².